The molecule has 0 saturated carbocycles. The Morgan fingerprint density at radius 1 is 1.41 bits per heavy atom. The van der Waals surface area contributed by atoms with Crippen LogP contribution in [0.15, 0.2) is 18.5 Å². The van der Waals surface area contributed by atoms with Gasteiger partial charge in [-0.15, -0.1) is 0 Å². The second-order valence-electron chi connectivity index (χ2n) is 4.57. The lowest BCUT2D eigenvalue weighted by atomic mass is 10.3. The molecule has 17 heavy (non-hydrogen) atoms. The molecule has 0 saturated heterocycles. The van der Waals surface area contributed by atoms with E-state index >= 15 is 0 Å². The van der Waals surface area contributed by atoms with E-state index in [4.69, 9.17) is 4.74 Å². The standard InChI is InChI=1S/C12H23N3O2/c1-10(2)17-9-12(16)7-13-11(3)8-15-6-4-5-14-15/h4-6,10-13,16H,7-9H2,1-3H3. The van der Waals surface area contributed by atoms with Crippen molar-refractivity contribution in [3.63, 3.8) is 0 Å². The van der Waals surface area contributed by atoms with Gasteiger partial charge >= 0.3 is 0 Å². The first kappa shape index (κ1) is 14.2. The van der Waals surface area contributed by atoms with Gasteiger partial charge in [0.05, 0.1) is 25.4 Å². The van der Waals surface area contributed by atoms with Crippen LogP contribution in [-0.4, -0.2) is 46.3 Å². The molecule has 2 N–H and O–H groups in total. The van der Waals surface area contributed by atoms with Gasteiger partial charge in [0.1, 0.15) is 0 Å². The molecule has 1 rings (SSSR count). The van der Waals surface area contributed by atoms with E-state index in [1.54, 1.807) is 6.20 Å². The van der Waals surface area contributed by atoms with Crippen LogP contribution in [-0.2, 0) is 11.3 Å². The van der Waals surface area contributed by atoms with Crippen LogP contribution < -0.4 is 5.32 Å². The monoisotopic (exact) mass is 241 g/mol. The Kier molecular flexibility index (Phi) is 6.18. The summed E-state index contributed by atoms with van der Waals surface area (Å²) in [7, 11) is 0. The van der Waals surface area contributed by atoms with Gasteiger partial charge in [0.25, 0.3) is 0 Å². The van der Waals surface area contributed by atoms with E-state index in [0.717, 1.165) is 6.54 Å². The van der Waals surface area contributed by atoms with Gasteiger partial charge in [0.15, 0.2) is 0 Å². The second kappa shape index (κ2) is 7.42. The van der Waals surface area contributed by atoms with Gasteiger partial charge in [0.2, 0.25) is 0 Å². The van der Waals surface area contributed by atoms with Crippen molar-refractivity contribution < 1.29 is 9.84 Å². The number of aliphatic hydroxyl groups excluding tert-OH is 1. The summed E-state index contributed by atoms with van der Waals surface area (Å²) in [5.74, 6) is 0. The minimum atomic E-state index is -0.461. The molecular weight excluding hydrogens is 218 g/mol. The number of aliphatic hydroxyl groups is 1. The summed E-state index contributed by atoms with van der Waals surface area (Å²) in [6.07, 6.45) is 3.39. The topological polar surface area (TPSA) is 59.3 Å². The molecule has 1 aromatic heterocycles. The molecule has 0 bridgehead atoms. The lowest BCUT2D eigenvalue weighted by molar-refractivity contribution is 0.00544. The highest BCUT2D eigenvalue weighted by Crippen LogP contribution is 1.94. The lowest BCUT2D eigenvalue weighted by Gasteiger charge is -2.18. The third-order valence-corrected chi connectivity index (χ3v) is 2.34. The van der Waals surface area contributed by atoms with Crippen LogP contribution >= 0.6 is 0 Å². The highest BCUT2D eigenvalue weighted by atomic mass is 16.5. The first-order valence-corrected chi connectivity index (χ1v) is 6.08. The maximum absolute atomic E-state index is 9.66. The SMILES string of the molecule is CC(Cn1cccn1)NCC(O)COC(C)C. The molecule has 0 radical (unpaired) electrons. The van der Waals surface area contributed by atoms with Crippen molar-refractivity contribution in [2.75, 3.05) is 13.2 Å². The van der Waals surface area contributed by atoms with Crippen molar-refractivity contribution in [3.8, 4) is 0 Å². The average Bonchev–Trinajstić information content (AvgIpc) is 2.76. The van der Waals surface area contributed by atoms with Crippen molar-refractivity contribution in [1.29, 1.82) is 0 Å². The molecule has 0 fully saturated rings. The van der Waals surface area contributed by atoms with Gasteiger partial charge in [-0.1, -0.05) is 0 Å². The number of nitrogens with zero attached hydrogens (tertiary/aromatic N) is 2. The van der Waals surface area contributed by atoms with E-state index in [1.807, 2.05) is 30.8 Å². The zero-order valence-electron chi connectivity index (χ0n) is 10.8. The number of nitrogens with one attached hydrogen (secondary N) is 1. The number of rotatable bonds is 8. The van der Waals surface area contributed by atoms with Gasteiger partial charge < -0.3 is 15.2 Å². The van der Waals surface area contributed by atoms with Gasteiger partial charge in [0, 0.05) is 25.0 Å². The van der Waals surface area contributed by atoms with Gasteiger partial charge in [-0.25, -0.2) is 0 Å². The molecule has 0 amide bonds. The van der Waals surface area contributed by atoms with Crippen LogP contribution in [0.4, 0.5) is 0 Å². The van der Waals surface area contributed by atoms with Gasteiger partial charge in [-0.3, -0.25) is 4.68 Å². The Morgan fingerprint density at radius 3 is 2.76 bits per heavy atom. The fourth-order valence-electron chi connectivity index (χ4n) is 1.45. The summed E-state index contributed by atoms with van der Waals surface area (Å²) >= 11 is 0. The van der Waals surface area contributed by atoms with Crippen molar-refractivity contribution in [2.24, 2.45) is 0 Å². The van der Waals surface area contributed by atoms with E-state index in [0.29, 0.717) is 13.2 Å². The molecule has 1 heterocycles. The fraction of sp³-hybridized carbons (Fsp3) is 0.750. The number of hydrogen-bond acceptors (Lipinski definition) is 4. The molecule has 0 aliphatic rings. The summed E-state index contributed by atoms with van der Waals surface area (Å²) in [6.45, 7) is 7.69. The molecular formula is C12H23N3O2. The second-order valence-corrected chi connectivity index (χ2v) is 4.57. The first-order chi connectivity index (χ1) is 8.08. The maximum atomic E-state index is 9.66. The summed E-state index contributed by atoms with van der Waals surface area (Å²) < 4.78 is 7.20. The molecule has 2 unspecified atom stereocenters. The van der Waals surface area contributed by atoms with Crippen molar-refractivity contribution >= 4 is 0 Å². The Balaban J connectivity index is 2.12. The van der Waals surface area contributed by atoms with Crippen LogP contribution in [0.3, 0.4) is 0 Å². The van der Waals surface area contributed by atoms with E-state index in [9.17, 15) is 5.11 Å². The predicted octanol–water partition coefficient (Wildman–Crippen LogP) is 0.647. The van der Waals surface area contributed by atoms with Crippen LogP contribution in [0.5, 0.6) is 0 Å². The largest absolute Gasteiger partial charge is 0.389 e. The van der Waals surface area contributed by atoms with Crippen LogP contribution in [0.25, 0.3) is 0 Å². The van der Waals surface area contributed by atoms with E-state index in [2.05, 4.69) is 17.3 Å². The minimum Gasteiger partial charge on any atom is -0.389 e. The van der Waals surface area contributed by atoms with Gasteiger partial charge in [-0.2, -0.15) is 5.10 Å². The third kappa shape index (κ3) is 6.41. The van der Waals surface area contributed by atoms with Crippen molar-refractivity contribution in [1.82, 2.24) is 15.1 Å². The fourth-order valence-corrected chi connectivity index (χ4v) is 1.45. The normalized spacial score (nSPS) is 15.1. The third-order valence-electron chi connectivity index (χ3n) is 2.34. The quantitative estimate of drug-likeness (QED) is 0.701. The highest BCUT2D eigenvalue weighted by molar-refractivity contribution is 4.79. The molecule has 0 spiro atoms. The van der Waals surface area contributed by atoms with Crippen LogP contribution in [0.2, 0.25) is 0 Å². The summed E-state index contributed by atoms with van der Waals surface area (Å²) in [5.41, 5.74) is 0. The summed E-state index contributed by atoms with van der Waals surface area (Å²) in [4.78, 5) is 0. The minimum absolute atomic E-state index is 0.158. The van der Waals surface area contributed by atoms with E-state index < -0.39 is 6.10 Å². The Hall–Kier alpha value is -0.910. The zero-order valence-corrected chi connectivity index (χ0v) is 10.8. The molecule has 1 aromatic rings. The molecule has 2 atom stereocenters. The Morgan fingerprint density at radius 2 is 2.18 bits per heavy atom. The molecule has 0 aliphatic heterocycles. The molecule has 5 nitrogen and oxygen atoms in total. The summed E-state index contributed by atoms with van der Waals surface area (Å²) in [6, 6.07) is 2.17. The first-order valence-electron chi connectivity index (χ1n) is 6.08. The number of hydrogen-bond donors (Lipinski definition) is 2. The molecule has 0 aliphatic carbocycles. The van der Waals surface area contributed by atoms with Crippen molar-refractivity contribution in [2.45, 2.75) is 45.6 Å². The van der Waals surface area contributed by atoms with Crippen LogP contribution in [0, 0.1) is 0 Å². The van der Waals surface area contributed by atoms with Gasteiger partial charge in [-0.05, 0) is 26.8 Å². The van der Waals surface area contributed by atoms with Crippen LogP contribution in [0.1, 0.15) is 20.8 Å². The average molecular weight is 241 g/mol. The Bertz CT molecular complexity index is 288. The molecule has 98 valence electrons. The predicted molar refractivity (Wildman–Crippen MR) is 66.8 cm³/mol. The maximum Gasteiger partial charge on any atom is 0.0897 e. The number of aromatic nitrogens is 2. The van der Waals surface area contributed by atoms with E-state index in [-0.39, 0.29) is 12.1 Å². The Labute approximate surface area is 103 Å². The lowest BCUT2D eigenvalue weighted by Crippen LogP contribution is -2.38. The number of ether oxygens (including phenoxy) is 1. The molecule has 0 aromatic carbocycles. The van der Waals surface area contributed by atoms with E-state index in [1.165, 1.54) is 0 Å². The molecule has 5 heteroatoms. The summed E-state index contributed by atoms with van der Waals surface area (Å²) in [5, 5.41) is 17.0. The smallest absolute Gasteiger partial charge is 0.0897 e. The highest BCUT2D eigenvalue weighted by Gasteiger charge is 2.08. The zero-order chi connectivity index (χ0) is 12.7. The van der Waals surface area contributed by atoms with Crippen molar-refractivity contribution in [3.05, 3.63) is 18.5 Å².